The largest absolute Gasteiger partial charge is 0.479 e. The second-order valence-corrected chi connectivity index (χ2v) is 4.66. The van der Waals surface area contributed by atoms with Gasteiger partial charge >= 0.3 is 5.97 Å². The van der Waals surface area contributed by atoms with Crippen molar-refractivity contribution in [2.24, 2.45) is 0 Å². The molecule has 1 heterocycles. The van der Waals surface area contributed by atoms with Crippen molar-refractivity contribution in [1.29, 1.82) is 0 Å². The fraction of sp³-hybridized carbons (Fsp3) is 0.333. The van der Waals surface area contributed by atoms with Gasteiger partial charge in [-0.05, 0) is 25.0 Å². The third kappa shape index (κ3) is 1.93. The van der Waals surface area contributed by atoms with Crippen molar-refractivity contribution >= 4 is 11.9 Å². The highest BCUT2D eigenvalue weighted by atomic mass is 16.4. The van der Waals surface area contributed by atoms with Gasteiger partial charge < -0.3 is 10.0 Å². The maximum atomic E-state index is 12.4. The fourth-order valence-corrected chi connectivity index (χ4v) is 2.70. The molecule has 1 aromatic carbocycles. The van der Waals surface area contributed by atoms with Crippen molar-refractivity contribution in [2.75, 3.05) is 0 Å². The van der Waals surface area contributed by atoms with Crippen molar-refractivity contribution in [3.63, 3.8) is 0 Å². The lowest BCUT2D eigenvalue weighted by Crippen LogP contribution is -2.31. The standard InChI is InChI=1S/C15H17NO3/c1-3-8-12-15(4-2,14(18)19)16(12)13(17)11-9-6-5-7-10-11/h3,5-7,9-10,12H,1,4,8H2,2H3,(H,18,19)/t12-,15+,16?/m0/s1. The predicted octanol–water partition coefficient (Wildman–Crippen LogP) is 2.32. The zero-order valence-electron chi connectivity index (χ0n) is 10.9. The van der Waals surface area contributed by atoms with Gasteiger partial charge in [-0.2, -0.15) is 0 Å². The van der Waals surface area contributed by atoms with Crippen LogP contribution >= 0.6 is 0 Å². The summed E-state index contributed by atoms with van der Waals surface area (Å²) in [5.41, 5.74) is -0.547. The van der Waals surface area contributed by atoms with E-state index in [1.54, 1.807) is 37.3 Å². The van der Waals surface area contributed by atoms with Gasteiger partial charge in [-0.1, -0.05) is 31.2 Å². The molecular weight excluding hydrogens is 242 g/mol. The number of carboxylic acids is 1. The van der Waals surface area contributed by atoms with Crippen LogP contribution in [-0.2, 0) is 4.79 Å². The summed E-state index contributed by atoms with van der Waals surface area (Å²) >= 11 is 0. The fourth-order valence-electron chi connectivity index (χ4n) is 2.70. The van der Waals surface area contributed by atoms with Crippen molar-refractivity contribution in [1.82, 2.24) is 4.90 Å². The Bertz CT molecular complexity index is 511. The van der Waals surface area contributed by atoms with Crippen LogP contribution in [0.25, 0.3) is 0 Å². The molecule has 1 saturated heterocycles. The third-order valence-electron chi connectivity index (χ3n) is 3.76. The molecule has 0 radical (unpaired) electrons. The Morgan fingerprint density at radius 3 is 2.53 bits per heavy atom. The minimum Gasteiger partial charge on any atom is -0.479 e. The number of carbonyl (C=O) groups excluding carboxylic acids is 1. The van der Waals surface area contributed by atoms with Gasteiger partial charge in [-0.15, -0.1) is 6.58 Å². The summed E-state index contributed by atoms with van der Waals surface area (Å²) in [6.45, 7) is 5.43. The topological polar surface area (TPSA) is 57.4 Å². The average molecular weight is 259 g/mol. The molecule has 1 amide bonds. The molecule has 2 rings (SSSR count). The molecule has 0 saturated carbocycles. The highest BCUT2D eigenvalue weighted by Crippen LogP contribution is 2.47. The van der Waals surface area contributed by atoms with Crippen molar-refractivity contribution in [3.05, 3.63) is 48.6 Å². The number of rotatable bonds is 5. The van der Waals surface area contributed by atoms with Crippen molar-refractivity contribution in [3.8, 4) is 0 Å². The molecule has 4 nitrogen and oxygen atoms in total. The summed E-state index contributed by atoms with van der Waals surface area (Å²) in [6.07, 6.45) is 2.56. The van der Waals surface area contributed by atoms with Crippen LogP contribution in [0.15, 0.2) is 43.0 Å². The van der Waals surface area contributed by atoms with Crippen LogP contribution in [0.4, 0.5) is 0 Å². The SMILES string of the molecule is C=CC[C@@H]1N(C(=O)c2ccccc2)[C@@]1(CC)C(=O)O. The van der Waals surface area contributed by atoms with E-state index in [0.717, 1.165) is 0 Å². The Morgan fingerprint density at radius 2 is 2.05 bits per heavy atom. The van der Waals surface area contributed by atoms with Crippen LogP contribution in [0.1, 0.15) is 30.1 Å². The lowest BCUT2D eigenvalue weighted by atomic mass is 10.0. The molecule has 2 atom stereocenters. The molecule has 0 aromatic heterocycles. The van der Waals surface area contributed by atoms with Gasteiger partial charge in [0.2, 0.25) is 0 Å². The van der Waals surface area contributed by atoms with E-state index >= 15 is 0 Å². The molecule has 0 unspecified atom stereocenters. The number of nitrogens with zero attached hydrogens (tertiary/aromatic N) is 1. The first kappa shape index (κ1) is 13.3. The molecule has 19 heavy (non-hydrogen) atoms. The van der Waals surface area contributed by atoms with Gasteiger partial charge in [0.1, 0.15) is 0 Å². The van der Waals surface area contributed by atoms with Crippen molar-refractivity contribution in [2.45, 2.75) is 31.3 Å². The molecule has 0 bridgehead atoms. The smallest absolute Gasteiger partial charge is 0.331 e. The van der Waals surface area contributed by atoms with Crippen molar-refractivity contribution < 1.29 is 14.7 Å². The van der Waals surface area contributed by atoms with Crippen LogP contribution in [0.2, 0.25) is 0 Å². The summed E-state index contributed by atoms with van der Waals surface area (Å²) < 4.78 is 0. The van der Waals surface area contributed by atoms with Crippen LogP contribution < -0.4 is 0 Å². The summed E-state index contributed by atoms with van der Waals surface area (Å²) in [5.74, 6) is -1.16. The highest BCUT2D eigenvalue weighted by molar-refractivity contribution is 6.02. The maximum absolute atomic E-state index is 12.4. The lowest BCUT2D eigenvalue weighted by molar-refractivity contribution is -0.141. The van der Waals surface area contributed by atoms with Gasteiger partial charge in [-0.3, -0.25) is 4.79 Å². The monoisotopic (exact) mass is 259 g/mol. The van der Waals surface area contributed by atoms with E-state index in [1.165, 1.54) is 4.90 Å². The van der Waals surface area contributed by atoms with E-state index in [4.69, 9.17) is 0 Å². The van der Waals surface area contributed by atoms with Crippen LogP contribution in [0.3, 0.4) is 0 Å². The number of benzene rings is 1. The van der Waals surface area contributed by atoms with Gasteiger partial charge in [-0.25, -0.2) is 4.79 Å². The first-order chi connectivity index (χ1) is 9.09. The minimum absolute atomic E-state index is 0.225. The summed E-state index contributed by atoms with van der Waals surface area (Å²) in [4.78, 5) is 25.4. The van der Waals surface area contributed by atoms with Gasteiger partial charge in [0.15, 0.2) is 5.54 Å². The molecule has 1 aromatic rings. The van der Waals surface area contributed by atoms with E-state index in [0.29, 0.717) is 18.4 Å². The van der Waals surface area contributed by atoms with E-state index in [-0.39, 0.29) is 11.9 Å². The highest BCUT2D eigenvalue weighted by Gasteiger charge is 2.68. The maximum Gasteiger partial charge on any atom is 0.331 e. The predicted molar refractivity (Wildman–Crippen MR) is 71.9 cm³/mol. The van der Waals surface area contributed by atoms with Crippen LogP contribution in [-0.4, -0.2) is 33.5 Å². The van der Waals surface area contributed by atoms with Crippen LogP contribution in [0, 0.1) is 0 Å². The van der Waals surface area contributed by atoms with E-state index in [2.05, 4.69) is 6.58 Å². The Balaban J connectivity index is 2.31. The molecular formula is C15H17NO3. The van der Waals surface area contributed by atoms with Gasteiger partial charge in [0.25, 0.3) is 5.91 Å². The third-order valence-corrected chi connectivity index (χ3v) is 3.76. The number of carbonyl (C=O) groups is 2. The molecule has 1 aliphatic heterocycles. The number of hydrogen-bond acceptors (Lipinski definition) is 2. The molecule has 0 aliphatic carbocycles. The number of amides is 1. The molecule has 1 N–H and O–H groups in total. The molecule has 1 fully saturated rings. The molecule has 0 spiro atoms. The van der Waals surface area contributed by atoms with E-state index < -0.39 is 11.5 Å². The normalized spacial score (nSPS) is 24.9. The molecule has 1 aliphatic rings. The Kier molecular flexibility index (Phi) is 3.42. The average Bonchev–Trinajstić information content (AvgIpc) is 3.08. The Labute approximate surface area is 112 Å². The van der Waals surface area contributed by atoms with Gasteiger partial charge in [0, 0.05) is 5.56 Å². The number of aliphatic carboxylic acids is 1. The van der Waals surface area contributed by atoms with E-state index in [9.17, 15) is 14.7 Å². The first-order valence-corrected chi connectivity index (χ1v) is 6.32. The summed E-state index contributed by atoms with van der Waals surface area (Å²) in [7, 11) is 0. The second kappa shape index (κ2) is 4.88. The number of hydrogen-bond donors (Lipinski definition) is 1. The molecule has 4 heteroatoms. The Morgan fingerprint density at radius 1 is 1.42 bits per heavy atom. The molecule has 100 valence electrons. The first-order valence-electron chi connectivity index (χ1n) is 6.32. The zero-order valence-corrected chi connectivity index (χ0v) is 10.9. The summed E-state index contributed by atoms with van der Waals surface area (Å²) in [5, 5.41) is 9.44. The second-order valence-electron chi connectivity index (χ2n) is 4.66. The lowest BCUT2D eigenvalue weighted by Gasteiger charge is -2.10. The van der Waals surface area contributed by atoms with Gasteiger partial charge in [0.05, 0.1) is 6.04 Å². The Hall–Kier alpha value is -2.10. The zero-order chi connectivity index (χ0) is 14.0. The summed E-state index contributed by atoms with van der Waals surface area (Å²) in [6, 6.07) is 8.48. The quantitative estimate of drug-likeness (QED) is 0.652. The minimum atomic E-state index is -1.07. The van der Waals surface area contributed by atoms with Crippen LogP contribution in [0.5, 0.6) is 0 Å². The number of carboxylic acid groups (broad SMARTS) is 1. The van der Waals surface area contributed by atoms with E-state index in [1.807, 2.05) is 6.07 Å².